The summed E-state index contributed by atoms with van der Waals surface area (Å²) in [6.45, 7) is 2.04. The molecule has 1 aliphatic heterocycles. The molecule has 0 N–H and O–H groups in total. The van der Waals surface area contributed by atoms with Crippen LogP contribution in [0.4, 0.5) is 0 Å². The Labute approximate surface area is 161 Å². The Kier molecular flexibility index (Phi) is 5.07. The largest absolute Gasteiger partial charge is 0.462 e. The second-order valence-electron chi connectivity index (χ2n) is 5.95. The lowest BCUT2D eigenvalue weighted by Gasteiger charge is -2.20. The Balaban J connectivity index is 1.78. The average Bonchev–Trinajstić information content (AvgIpc) is 3.13. The predicted molar refractivity (Wildman–Crippen MR) is 107 cm³/mol. The number of thioether (sulfide) groups is 1. The van der Waals surface area contributed by atoms with Gasteiger partial charge in [-0.15, -0.1) is 0 Å². The van der Waals surface area contributed by atoms with Gasteiger partial charge in [-0.3, -0.25) is 4.99 Å². The van der Waals surface area contributed by atoms with E-state index in [9.17, 15) is 4.79 Å². The molecule has 0 spiro atoms. The molecular weight excluding hydrogens is 360 g/mol. The van der Waals surface area contributed by atoms with Crippen molar-refractivity contribution < 1.29 is 13.9 Å². The molecule has 1 aromatic heterocycles. The number of rotatable bonds is 4. The topological polar surface area (TPSA) is 64.7 Å². The fraction of sp³-hybridized carbons (Fsp3) is 0.190. The van der Waals surface area contributed by atoms with Gasteiger partial charge in [-0.1, -0.05) is 54.2 Å². The standard InChI is InChI=1S/C21H18N2O3S/c1-2-25-21(24)18(19-23-15-10-6-7-11-16(15)26-19)20-22-13-12-17(27-20)14-8-4-3-5-9-14/h3-11,13,17H,2,12H2,1H3/b20-18+/t17-/m1/s1. The van der Waals surface area contributed by atoms with Crippen molar-refractivity contribution in [2.75, 3.05) is 6.61 Å². The van der Waals surface area contributed by atoms with Crippen LogP contribution < -0.4 is 0 Å². The molecule has 0 aliphatic carbocycles. The molecule has 5 nitrogen and oxygen atoms in total. The number of ether oxygens (including phenoxy) is 1. The SMILES string of the molecule is CCOC(=O)/C(=C1\N=CC[C@H](c2ccccc2)S1)c1nc2ccccc2o1. The van der Waals surface area contributed by atoms with E-state index in [-0.39, 0.29) is 23.3 Å². The second kappa shape index (κ2) is 7.80. The molecule has 0 radical (unpaired) electrons. The lowest BCUT2D eigenvalue weighted by Crippen LogP contribution is -2.11. The van der Waals surface area contributed by atoms with Gasteiger partial charge in [0, 0.05) is 11.5 Å². The summed E-state index contributed by atoms with van der Waals surface area (Å²) in [7, 11) is 0. The summed E-state index contributed by atoms with van der Waals surface area (Å²) in [5, 5.41) is 0.743. The molecule has 1 aliphatic rings. The van der Waals surface area contributed by atoms with Crippen molar-refractivity contribution >= 4 is 40.6 Å². The first-order chi connectivity index (χ1) is 13.3. The van der Waals surface area contributed by atoms with Gasteiger partial charge in [-0.2, -0.15) is 0 Å². The van der Waals surface area contributed by atoms with Crippen LogP contribution in [0.3, 0.4) is 0 Å². The fourth-order valence-corrected chi connectivity index (χ4v) is 4.06. The second-order valence-corrected chi connectivity index (χ2v) is 7.14. The lowest BCUT2D eigenvalue weighted by molar-refractivity contribution is -0.136. The number of fused-ring (bicyclic) bond motifs is 1. The summed E-state index contributed by atoms with van der Waals surface area (Å²) < 4.78 is 11.1. The highest BCUT2D eigenvalue weighted by molar-refractivity contribution is 8.03. The van der Waals surface area contributed by atoms with E-state index in [2.05, 4.69) is 22.1 Å². The van der Waals surface area contributed by atoms with Crippen LogP contribution in [-0.4, -0.2) is 23.8 Å². The van der Waals surface area contributed by atoms with E-state index in [4.69, 9.17) is 9.15 Å². The summed E-state index contributed by atoms with van der Waals surface area (Å²) in [5.41, 5.74) is 2.78. The monoisotopic (exact) mass is 378 g/mol. The average molecular weight is 378 g/mol. The van der Waals surface area contributed by atoms with E-state index >= 15 is 0 Å². The zero-order valence-electron chi connectivity index (χ0n) is 14.8. The van der Waals surface area contributed by atoms with Crippen molar-refractivity contribution in [3.05, 3.63) is 71.1 Å². The molecule has 0 saturated carbocycles. The zero-order chi connectivity index (χ0) is 18.6. The van der Waals surface area contributed by atoms with Gasteiger partial charge < -0.3 is 9.15 Å². The number of benzene rings is 2. The van der Waals surface area contributed by atoms with Crippen LogP contribution in [0.1, 0.15) is 30.0 Å². The fourth-order valence-electron chi connectivity index (χ4n) is 2.89. The van der Waals surface area contributed by atoms with E-state index in [0.717, 1.165) is 6.42 Å². The molecular formula is C21H18N2O3S. The molecule has 4 rings (SSSR count). The molecule has 0 unspecified atom stereocenters. The van der Waals surface area contributed by atoms with Crippen LogP contribution in [0.5, 0.6) is 0 Å². The van der Waals surface area contributed by atoms with Crippen LogP contribution >= 0.6 is 11.8 Å². The molecule has 3 aromatic rings. The Morgan fingerprint density at radius 3 is 2.74 bits per heavy atom. The molecule has 0 fully saturated rings. The van der Waals surface area contributed by atoms with Crippen molar-refractivity contribution in [2.45, 2.75) is 18.6 Å². The first kappa shape index (κ1) is 17.5. The van der Waals surface area contributed by atoms with E-state index in [1.807, 2.05) is 48.7 Å². The maximum absolute atomic E-state index is 12.7. The first-order valence-corrected chi connectivity index (χ1v) is 9.65. The Hall–Kier alpha value is -2.86. The number of aromatic nitrogens is 1. The number of nitrogens with zero attached hydrogens (tertiary/aromatic N) is 2. The number of hydrogen-bond acceptors (Lipinski definition) is 6. The van der Waals surface area contributed by atoms with E-state index < -0.39 is 5.97 Å². The molecule has 2 aromatic carbocycles. The highest BCUT2D eigenvalue weighted by Crippen LogP contribution is 2.43. The molecule has 0 saturated heterocycles. The number of para-hydroxylation sites is 2. The van der Waals surface area contributed by atoms with Gasteiger partial charge in [-0.05, 0) is 31.0 Å². The quantitative estimate of drug-likeness (QED) is 0.472. The first-order valence-electron chi connectivity index (χ1n) is 8.77. The smallest absolute Gasteiger partial charge is 0.346 e. The lowest BCUT2D eigenvalue weighted by atomic mass is 10.1. The molecule has 6 heteroatoms. The minimum Gasteiger partial charge on any atom is -0.462 e. The third-order valence-corrected chi connectivity index (χ3v) is 5.44. The molecule has 2 heterocycles. The summed E-state index contributed by atoms with van der Waals surface area (Å²) >= 11 is 1.53. The van der Waals surface area contributed by atoms with Gasteiger partial charge in [0.2, 0.25) is 5.89 Å². The van der Waals surface area contributed by atoms with Gasteiger partial charge in [0.25, 0.3) is 0 Å². The van der Waals surface area contributed by atoms with Crippen molar-refractivity contribution in [1.29, 1.82) is 0 Å². The Morgan fingerprint density at radius 1 is 1.19 bits per heavy atom. The van der Waals surface area contributed by atoms with Crippen molar-refractivity contribution in [3.63, 3.8) is 0 Å². The van der Waals surface area contributed by atoms with Gasteiger partial charge in [0.15, 0.2) is 11.2 Å². The van der Waals surface area contributed by atoms with Crippen LogP contribution in [0, 0.1) is 0 Å². The van der Waals surface area contributed by atoms with E-state index in [1.165, 1.54) is 17.3 Å². The molecule has 1 atom stereocenters. The number of oxazole rings is 1. The van der Waals surface area contributed by atoms with Crippen molar-refractivity contribution in [2.24, 2.45) is 4.99 Å². The number of hydrogen-bond donors (Lipinski definition) is 0. The third-order valence-electron chi connectivity index (χ3n) is 4.15. The third kappa shape index (κ3) is 3.66. The summed E-state index contributed by atoms with van der Waals surface area (Å²) in [4.78, 5) is 21.6. The highest BCUT2D eigenvalue weighted by atomic mass is 32.2. The van der Waals surface area contributed by atoms with Crippen LogP contribution in [0.2, 0.25) is 0 Å². The Morgan fingerprint density at radius 2 is 1.96 bits per heavy atom. The molecule has 27 heavy (non-hydrogen) atoms. The predicted octanol–water partition coefficient (Wildman–Crippen LogP) is 5.01. The van der Waals surface area contributed by atoms with Gasteiger partial charge in [-0.25, -0.2) is 9.78 Å². The zero-order valence-corrected chi connectivity index (χ0v) is 15.6. The van der Waals surface area contributed by atoms with Crippen molar-refractivity contribution in [1.82, 2.24) is 4.98 Å². The van der Waals surface area contributed by atoms with Gasteiger partial charge in [0.05, 0.1) is 6.61 Å². The van der Waals surface area contributed by atoms with E-state index in [0.29, 0.717) is 16.1 Å². The van der Waals surface area contributed by atoms with Crippen LogP contribution in [-0.2, 0) is 9.53 Å². The van der Waals surface area contributed by atoms with Gasteiger partial charge in [0.1, 0.15) is 10.5 Å². The van der Waals surface area contributed by atoms with E-state index in [1.54, 1.807) is 6.92 Å². The number of carbonyl (C=O) groups is 1. The molecule has 136 valence electrons. The number of esters is 1. The number of carbonyl (C=O) groups excluding carboxylic acids is 1. The highest BCUT2D eigenvalue weighted by Gasteiger charge is 2.28. The minimum absolute atomic E-state index is 0.174. The molecule has 0 bridgehead atoms. The summed E-state index contributed by atoms with van der Waals surface area (Å²) in [6.07, 6.45) is 2.63. The Bertz CT molecular complexity index is 991. The minimum atomic E-state index is -0.475. The summed E-state index contributed by atoms with van der Waals surface area (Å²) in [6, 6.07) is 17.6. The normalized spacial score (nSPS) is 18.5. The van der Waals surface area contributed by atoms with Gasteiger partial charge >= 0.3 is 5.97 Å². The van der Waals surface area contributed by atoms with Crippen LogP contribution in [0.15, 0.2) is 69.0 Å². The molecule has 0 amide bonds. The number of aliphatic imine (C=N–C) groups is 1. The maximum Gasteiger partial charge on any atom is 0.346 e. The summed E-state index contributed by atoms with van der Waals surface area (Å²) in [5.74, 6) is -0.236. The maximum atomic E-state index is 12.7. The van der Waals surface area contributed by atoms with Crippen LogP contribution in [0.25, 0.3) is 16.7 Å². The van der Waals surface area contributed by atoms with Crippen molar-refractivity contribution in [3.8, 4) is 0 Å².